The van der Waals surface area contributed by atoms with E-state index >= 15 is 0 Å². The molecule has 3 aromatic rings. The van der Waals surface area contributed by atoms with Crippen LogP contribution in [0.5, 0.6) is 0 Å². The van der Waals surface area contributed by atoms with Crippen LogP contribution in [0, 0.1) is 20.8 Å². The van der Waals surface area contributed by atoms with Crippen LogP contribution in [0.2, 0.25) is 0 Å². The maximum atomic E-state index is 12.5. The number of carbonyl (C=O) groups excluding carboxylic acids is 1. The van der Waals surface area contributed by atoms with E-state index in [0.717, 1.165) is 28.0 Å². The SMILES string of the molecule is Cc1cc(C)c(C(=O)/C=C\c2ccc(-c3ccccc3)o2)cc1C. The van der Waals surface area contributed by atoms with Crippen LogP contribution in [-0.4, -0.2) is 5.78 Å². The Morgan fingerprint density at radius 2 is 1.58 bits per heavy atom. The molecule has 24 heavy (non-hydrogen) atoms. The fraction of sp³-hybridized carbons (Fsp3) is 0.136. The third-order valence-electron chi connectivity index (χ3n) is 4.19. The predicted octanol–water partition coefficient (Wildman–Crippen LogP) is 5.77. The molecule has 0 amide bonds. The Bertz CT molecular complexity index is 899. The van der Waals surface area contributed by atoms with Gasteiger partial charge in [-0.1, -0.05) is 36.4 Å². The van der Waals surface area contributed by atoms with Gasteiger partial charge in [0.1, 0.15) is 11.5 Å². The van der Waals surface area contributed by atoms with Gasteiger partial charge in [-0.25, -0.2) is 0 Å². The summed E-state index contributed by atoms with van der Waals surface area (Å²) < 4.78 is 5.79. The van der Waals surface area contributed by atoms with Crippen molar-refractivity contribution in [3.63, 3.8) is 0 Å². The molecule has 0 aliphatic carbocycles. The standard InChI is InChI=1S/C22H20O2/c1-15-13-17(3)20(14-16(15)2)21(23)11-9-19-10-12-22(24-19)18-7-5-4-6-8-18/h4-14H,1-3H3/b11-9-. The highest BCUT2D eigenvalue weighted by Crippen LogP contribution is 2.23. The third kappa shape index (κ3) is 3.38. The molecule has 2 heteroatoms. The van der Waals surface area contributed by atoms with Crippen LogP contribution in [-0.2, 0) is 0 Å². The molecule has 0 spiro atoms. The Hall–Kier alpha value is -2.87. The van der Waals surface area contributed by atoms with Crippen molar-refractivity contribution < 1.29 is 9.21 Å². The number of allylic oxidation sites excluding steroid dienone is 1. The lowest BCUT2D eigenvalue weighted by molar-refractivity contribution is 0.104. The van der Waals surface area contributed by atoms with Crippen LogP contribution < -0.4 is 0 Å². The smallest absolute Gasteiger partial charge is 0.186 e. The van der Waals surface area contributed by atoms with Gasteiger partial charge in [0.05, 0.1) is 0 Å². The van der Waals surface area contributed by atoms with Crippen LogP contribution in [0.25, 0.3) is 17.4 Å². The van der Waals surface area contributed by atoms with Crippen molar-refractivity contribution in [3.05, 3.63) is 88.7 Å². The molecule has 0 saturated heterocycles. The Balaban J connectivity index is 1.80. The first kappa shape index (κ1) is 16.0. The van der Waals surface area contributed by atoms with Crippen molar-refractivity contribution >= 4 is 11.9 Å². The normalized spacial score (nSPS) is 11.1. The van der Waals surface area contributed by atoms with Gasteiger partial charge in [-0.15, -0.1) is 0 Å². The van der Waals surface area contributed by atoms with E-state index in [1.165, 1.54) is 5.56 Å². The molecule has 2 nitrogen and oxygen atoms in total. The number of hydrogen-bond acceptors (Lipinski definition) is 2. The summed E-state index contributed by atoms with van der Waals surface area (Å²) in [6, 6.07) is 17.7. The summed E-state index contributed by atoms with van der Waals surface area (Å²) in [5.41, 5.74) is 5.09. The summed E-state index contributed by atoms with van der Waals surface area (Å²) in [5, 5.41) is 0. The fourth-order valence-electron chi connectivity index (χ4n) is 2.67. The van der Waals surface area contributed by atoms with Gasteiger partial charge in [0.25, 0.3) is 0 Å². The Labute approximate surface area is 142 Å². The van der Waals surface area contributed by atoms with Gasteiger partial charge in [0, 0.05) is 11.1 Å². The molecule has 0 aliphatic rings. The predicted molar refractivity (Wildman–Crippen MR) is 98.2 cm³/mol. The molecular weight excluding hydrogens is 296 g/mol. The molecule has 0 bridgehead atoms. The number of hydrogen-bond donors (Lipinski definition) is 0. The fourth-order valence-corrected chi connectivity index (χ4v) is 2.67. The highest BCUT2D eigenvalue weighted by Gasteiger charge is 2.08. The maximum Gasteiger partial charge on any atom is 0.186 e. The van der Waals surface area contributed by atoms with Crippen LogP contribution in [0.3, 0.4) is 0 Å². The quantitative estimate of drug-likeness (QED) is 0.452. The zero-order valence-corrected chi connectivity index (χ0v) is 14.2. The van der Waals surface area contributed by atoms with Crippen molar-refractivity contribution in [2.75, 3.05) is 0 Å². The van der Waals surface area contributed by atoms with Crippen LogP contribution in [0.15, 0.2) is 65.1 Å². The average molecular weight is 316 g/mol. The van der Waals surface area contributed by atoms with Crippen LogP contribution >= 0.6 is 0 Å². The molecule has 0 N–H and O–H groups in total. The minimum absolute atomic E-state index is 0.00624. The topological polar surface area (TPSA) is 30.2 Å². The number of benzene rings is 2. The summed E-state index contributed by atoms with van der Waals surface area (Å²) in [7, 11) is 0. The van der Waals surface area contributed by atoms with E-state index in [9.17, 15) is 4.79 Å². The summed E-state index contributed by atoms with van der Waals surface area (Å²) >= 11 is 0. The van der Waals surface area contributed by atoms with Crippen molar-refractivity contribution in [2.24, 2.45) is 0 Å². The molecule has 0 radical (unpaired) electrons. The van der Waals surface area contributed by atoms with Crippen molar-refractivity contribution in [1.29, 1.82) is 0 Å². The molecular formula is C22H20O2. The van der Waals surface area contributed by atoms with E-state index in [4.69, 9.17) is 4.42 Å². The van der Waals surface area contributed by atoms with E-state index in [0.29, 0.717) is 5.76 Å². The summed E-state index contributed by atoms with van der Waals surface area (Å²) in [6.45, 7) is 6.04. The zero-order valence-electron chi connectivity index (χ0n) is 14.2. The second kappa shape index (κ2) is 6.71. The van der Waals surface area contributed by atoms with Crippen molar-refractivity contribution in [2.45, 2.75) is 20.8 Å². The summed E-state index contributed by atoms with van der Waals surface area (Å²) in [5.74, 6) is 1.46. The van der Waals surface area contributed by atoms with E-state index in [2.05, 4.69) is 13.0 Å². The number of furan rings is 1. The van der Waals surface area contributed by atoms with Gasteiger partial charge in [-0.2, -0.15) is 0 Å². The molecule has 1 aromatic heterocycles. The first-order valence-corrected chi connectivity index (χ1v) is 8.00. The van der Waals surface area contributed by atoms with E-state index < -0.39 is 0 Å². The van der Waals surface area contributed by atoms with E-state index in [-0.39, 0.29) is 5.78 Å². The molecule has 120 valence electrons. The van der Waals surface area contributed by atoms with Crippen molar-refractivity contribution in [1.82, 2.24) is 0 Å². The van der Waals surface area contributed by atoms with Gasteiger partial charge in [0.2, 0.25) is 0 Å². The monoisotopic (exact) mass is 316 g/mol. The van der Waals surface area contributed by atoms with Crippen LogP contribution in [0.4, 0.5) is 0 Å². The first-order chi connectivity index (χ1) is 11.5. The van der Waals surface area contributed by atoms with Gasteiger partial charge < -0.3 is 4.42 Å². The first-order valence-electron chi connectivity index (χ1n) is 8.00. The number of carbonyl (C=O) groups is 1. The maximum absolute atomic E-state index is 12.5. The second-order valence-corrected chi connectivity index (χ2v) is 6.02. The summed E-state index contributed by atoms with van der Waals surface area (Å²) in [4.78, 5) is 12.5. The molecule has 3 rings (SSSR count). The lowest BCUT2D eigenvalue weighted by Crippen LogP contribution is -1.99. The molecule has 0 atom stereocenters. The van der Waals surface area contributed by atoms with E-state index in [1.54, 1.807) is 12.2 Å². The van der Waals surface area contributed by atoms with E-state index in [1.807, 2.05) is 62.4 Å². The second-order valence-electron chi connectivity index (χ2n) is 6.02. The third-order valence-corrected chi connectivity index (χ3v) is 4.19. The molecule has 2 aromatic carbocycles. The summed E-state index contributed by atoms with van der Waals surface area (Å²) in [6.07, 6.45) is 3.30. The molecule has 1 heterocycles. The molecule has 0 saturated carbocycles. The molecule has 0 aliphatic heterocycles. The number of rotatable bonds is 4. The van der Waals surface area contributed by atoms with Crippen LogP contribution in [0.1, 0.15) is 32.8 Å². The van der Waals surface area contributed by atoms with Gasteiger partial charge >= 0.3 is 0 Å². The number of ketones is 1. The lowest BCUT2D eigenvalue weighted by atomic mass is 9.98. The lowest BCUT2D eigenvalue weighted by Gasteiger charge is -2.06. The Kier molecular flexibility index (Phi) is 4.48. The zero-order chi connectivity index (χ0) is 17.1. The minimum atomic E-state index is -0.00624. The minimum Gasteiger partial charge on any atom is -0.457 e. The highest BCUT2D eigenvalue weighted by molar-refractivity contribution is 6.07. The van der Waals surface area contributed by atoms with Crippen molar-refractivity contribution in [3.8, 4) is 11.3 Å². The van der Waals surface area contributed by atoms with Gasteiger partial charge in [-0.3, -0.25) is 4.79 Å². The number of aryl methyl sites for hydroxylation is 3. The highest BCUT2D eigenvalue weighted by atomic mass is 16.3. The molecule has 0 fully saturated rings. The average Bonchev–Trinajstić information content (AvgIpc) is 3.06. The Morgan fingerprint density at radius 3 is 2.33 bits per heavy atom. The Morgan fingerprint density at radius 1 is 0.875 bits per heavy atom. The molecule has 0 unspecified atom stereocenters. The van der Waals surface area contributed by atoms with Gasteiger partial charge in [-0.05, 0) is 67.8 Å². The largest absolute Gasteiger partial charge is 0.457 e. The van der Waals surface area contributed by atoms with Gasteiger partial charge in [0.15, 0.2) is 5.78 Å².